The number of ether oxygens (including phenoxy) is 1. The average molecular weight is 378 g/mol. The largest absolute Gasteiger partial charge is 0.476 e. The van der Waals surface area contributed by atoms with E-state index in [9.17, 15) is 9.59 Å². The van der Waals surface area contributed by atoms with Crippen molar-refractivity contribution in [2.24, 2.45) is 0 Å². The summed E-state index contributed by atoms with van der Waals surface area (Å²) >= 11 is 0. The lowest BCUT2D eigenvalue weighted by atomic mass is 10.0. The van der Waals surface area contributed by atoms with Crippen molar-refractivity contribution in [3.05, 3.63) is 59.2 Å². The molecule has 2 amide bonds. The molecule has 5 nitrogen and oxygen atoms in total. The summed E-state index contributed by atoms with van der Waals surface area (Å²) < 4.78 is 6.02. The van der Waals surface area contributed by atoms with Gasteiger partial charge in [-0.05, 0) is 68.5 Å². The van der Waals surface area contributed by atoms with Crippen LogP contribution in [0.25, 0.3) is 0 Å². The summed E-state index contributed by atoms with van der Waals surface area (Å²) in [6.45, 7) is 5.80. The number of hydrogen-bond acceptors (Lipinski definition) is 3. The van der Waals surface area contributed by atoms with Gasteiger partial charge in [0.25, 0.3) is 11.8 Å². The topological polar surface area (TPSA) is 49.9 Å². The molecule has 0 spiro atoms. The van der Waals surface area contributed by atoms with Crippen LogP contribution in [0, 0.1) is 13.8 Å². The molecule has 146 valence electrons. The van der Waals surface area contributed by atoms with Gasteiger partial charge in [0.1, 0.15) is 5.75 Å². The molecule has 0 radical (unpaired) electrons. The lowest BCUT2D eigenvalue weighted by Gasteiger charge is -2.37. The van der Waals surface area contributed by atoms with Crippen molar-refractivity contribution >= 4 is 17.5 Å². The van der Waals surface area contributed by atoms with Crippen LogP contribution < -0.4 is 9.64 Å². The third kappa shape index (κ3) is 3.49. The lowest BCUT2D eigenvalue weighted by molar-refractivity contribution is -0.139. The molecule has 28 heavy (non-hydrogen) atoms. The van der Waals surface area contributed by atoms with E-state index in [1.165, 1.54) is 0 Å². The highest BCUT2D eigenvalue weighted by Gasteiger charge is 2.36. The van der Waals surface area contributed by atoms with Crippen LogP contribution in [0.15, 0.2) is 42.5 Å². The van der Waals surface area contributed by atoms with E-state index in [2.05, 4.69) is 0 Å². The van der Waals surface area contributed by atoms with E-state index in [0.717, 1.165) is 43.5 Å². The van der Waals surface area contributed by atoms with Crippen LogP contribution >= 0.6 is 0 Å². The summed E-state index contributed by atoms with van der Waals surface area (Å²) in [6, 6.07) is 13.2. The molecule has 2 aliphatic rings. The molecule has 1 saturated heterocycles. The SMILES string of the molecule is Cc1ccc(C(=O)N2C[C@H](C(=O)N3CCCCC3)Oc3ccccc32)cc1C. The Morgan fingerprint density at radius 1 is 0.964 bits per heavy atom. The zero-order valence-corrected chi connectivity index (χ0v) is 16.5. The fourth-order valence-corrected chi connectivity index (χ4v) is 3.90. The third-order valence-corrected chi connectivity index (χ3v) is 5.72. The molecular formula is C23H26N2O3. The van der Waals surface area contributed by atoms with Crippen molar-refractivity contribution < 1.29 is 14.3 Å². The molecule has 4 rings (SSSR count). The Labute approximate surface area is 165 Å². The summed E-state index contributed by atoms with van der Waals surface area (Å²) in [6.07, 6.45) is 2.56. The van der Waals surface area contributed by atoms with Gasteiger partial charge in [-0.2, -0.15) is 0 Å². The van der Waals surface area contributed by atoms with Crippen molar-refractivity contribution in [2.75, 3.05) is 24.5 Å². The monoisotopic (exact) mass is 378 g/mol. The van der Waals surface area contributed by atoms with Gasteiger partial charge < -0.3 is 14.5 Å². The molecule has 2 aromatic rings. The number of benzene rings is 2. The number of fused-ring (bicyclic) bond motifs is 1. The van der Waals surface area contributed by atoms with E-state index < -0.39 is 6.10 Å². The molecule has 0 saturated carbocycles. The maximum absolute atomic E-state index is 13.3. The van der Waals surface area contributed by atoms with Crippen LogP contribution in [0.3, 0.4) is 0 Å². The van der Waals surface area contributed by atoms with Crippen LogP contribution in [-0.2, 0) is 4.79 Å². The zero-order chi connectivity index (χ0) is 19.7. The Balaban J connectivity index is 1.64. The minimum Gasteiger partial charge on any atom is -0.476 e. The first-order chi connectivity index (χ1) is 13.5. The predicted molar refractivity (Wildman–Crippen MR) is 109 cm³/mol. The van der Waals surface area contributed by atoms with Gasteiger partial charge in [-0.15, -0.1) is 0 Å². The van der Waals surface area contributed by atoms with E-state index >= 15 is 0 Å². The van der Waals surface area contributed by atoms with Gasteiger partial charge in [0, 0.05) is 18.7 Å². The highest BCUT2D eigenvalue weighted by Crippen LogP contribution is 2.34. The van der Waals surface area contributed by atoms with Crippen molar-refractivity contribution in [1.82, 2.24) is 4.90 Å². The molecule has 0 unspecified atom stereocenters. The molecular weight excluding hydrogens is 352 g/mol. The number of hydrogen-bond donors (Lipinski definition) is 0. The van der Waals surface area contributed by atoms with Gasteiger partial charge in [-0.1, -0.05) is 18.2 Å². The minimum absolute atomic E-state index is 0.0212. The highest BCUT2D eigenvalue weighted by atomic mass is 16.5. The van der Waals surface area contributed by atoms with Gasteiger partial charge in [-0.25, -0.2) is 0 Å². The number of carbonyl (C=O) groups is 2. The highest BCUT2D eigenvalue weighted by molar-refractivity contribution is 6.08. The molecule has 1 atom stereocenters. The molecule has 0 aliphatic carbocycles. The first-order valence-corrected chi connectivity index (χ1v) is 9.98. The number of rotatable bonds is 2. The third-order valence-electron chi connectivity index (χ3n) is 5.72. The number of anilines is 1. The summed E-state index contributed by atoms with van der Waals surface area (Å²) in [5.41, 5.74) is 3.57. The van der Waals surface area contributed by atoms with Crippen LogP contribution in [-0.4, -0.2) is 42.5 Å². The lowest BCUT2D eigenvalue weighted by Crippen LogP contribution is -2.52. The number of piperidine rings is 1. The Kier molecular flexibility index (Phi) is 5.07. The van der Waals surface area contributed by atoms with Crippen LogP contribution in [0.5, 0.6) is 5.75 Å². The molecule has 0 bridgehead atoms. The summed E-state index contributed by atoms with van der Waals surface area (Å²) in [7, 11) is 0. The summed E-state index contributed by atoms with van der Waals surface area (Å²) in [4.78, 5) is 29.9. The summed E-state index contributed by atoms with van der Waals surface area (Å²) in [5.74, 6) is 0.462. The van der Waals surface area contributed by atoms with Gasteiger partial charge in [0.2, 0.25) is 0 Å². The number of amides is 2. The number of para-hydroxylation sites is 2. The fraction of sp³-hybridized carbons (Fsp3) is 0.391. The average Bonchev–Trinajstić information content (AvgIpc) is 2.74. The van der Waals surface area contributed by atoms with E-state index in [0.29, 0.717) is 17.0 Å². The second-order valence-corrected chi connectivity index (χ2v) is 7.67. The Bertz CT molecular complexity index is 902. The summed E-state index contributed by atoms with van der Waals surface area (Å²) in [5, 5.41) is 0. The predicted octanol–water partition coefficient (Wildman–Crippen LogP) is 3.72. The van der Waals surface area contributed by atoms with E-state index in [4.69, 9.17) is 4.74 Å². The first kappa shape index (κ1) is 18.5. The number of aryl methyl sites for hydroxylation is 2. The standard InChI is InChI=1S/C23H26N2O3/c1-16-10-11-18(14-17(16)2)22(26)25-15-21(23(27)24-12-6-3-7-13-24)28-20-9-5-4-8-19(20)25/h4-5,8-11,14,21H,3,6-7,12-13,15H2,1-2H3/t21-/m1/s1. The number of likely N-dealkylation sites (tertiary alicyclic amines) is 1. The second kappa shape index (κ2) is 7.66. The Hall–Kier alpha value is -2.82. The molecule has 1 fully saturated rings. The van der Waals surface area contributed by atoms with E-state index in [-0.39, 0.29) is 18.4 Å². The molecule has 2 aliphatic heterocycles. The molecule has 2 heterocycles. The van der Waals surface area contributed by atoms with Crippen molar-refractivity contribution in [1.29, 1.82) is 0 Å². The van der Waals surface area contributed by atoms with Crippen molar-refractivity contribution in [3.8, 4) is 5.75 Å². The van der Waals surface area contributed by atoms with Crippen LogP contribution in [0.4, 0.5) is 5.69 Å². The van der Waals surface area contributed by atoms with E-state index in [1.54, 1.807) is 4.90 Å². The Morgan fingerprint density at radius 3 is 2.46 bits per heavy atom. The normalized spacial score (nSPS) is 19.0. The Morgan fingerprint density at radius 2 is 1.71 bits per heavy atom. The second-order valence-electron chi connectivity index (χ2n) is 7.67. The number of carbonyl (C=O) groups excluding carboxylic acids is 2. The van der Waals surface area contributed by atoms with E-state index in [1.807, 2.05) is 61.2 Å². The van der Waals surface area contributed by atoms with Gasteiger partial charge in [-0.3, -0.25) is 9.59 Å². The fourth-order valence-electron chi connectivity index (χ4n) is 3.90. The van der Waals surface area contributed by atoms with Gasteiger partial charge in [0.15, 0.2) is 6.10 Å². The molecule has 0 aromatic heterocycles. The molecule has 2 aromatic carbocycles. The van der Waals surface area contributed by atoms with Crippen molar-refractivity contribution in [2.45, 2.75) is 39.2 Å². The van der Waals surface area contributed by atoms with Gasteiger partial charge >= 0.3 is 0 Å². The van der Waals surface area contributed by atoms with Crippen LogP contribution in [0.1, 0.15) is 40.7 Å². The molecule has 0 N–H and O–H groups in total. The minimum atomic E-state index is -0.663. The number of nitrogens with zero attached hydrogens (tertiary/aromatic N) is 2. The maximum atomic E-state index is 13.3. The van der Waals surface area contributed by atoms with Crippen molar-refractivity contribution in [3.63, 3.8) is 0 Å². The van der Waals surface area contributed by atoms with Gasteiger partial charge in [0.05, 0.1) is 12.2 Å². The van der Waals surface area contributed by atoms with Crippen LogP contribution in [0.2, 0.25) is 0 Å². The zero-order valence-electron chi connectivity index (χ0n) is 16.5. The first-order valence-electron chi connectivity index (χ1n) is 9.98. The maximum Gasteiger partial charge on any atom is 0.265 e. The molecule has 5 heteroatoms. The quantitative estimate of drug-likeness (QED) is 0.800. The smallest absolute Gasteiger partial charge is 0.265 e.